The average molecular weight is 689 g/mol. The Morgan fingerprint density at radius 2 is 1.07 bits per heavy atom. The minimum absolute atomic E-state index is 0.697. The Bertz CT molecular complexity index is 3210. The van der Waals surface area contributed by atoms with Gasteiger partial charge in [0.2, 0.25) is 0 Å². The summed E-state index contributed by atoms with van der Waals surface area (Å²) in [7, 11) is 0. The van der Waals surface area contributed by atoms with Crippen molar-refractivity contribution < 1.29 is 0 Å². The Morgan fingerprint density at radius 3 is 1.96 bits per heavy atom. The van der Waals surface area contributed by atoms with Crippen LogP contribution in [0.25, 0.3) is 99.5 Å². The Morgan fingerprint density at radius 1 is 0.370 bits per heavy atom. The average Bonchev–Trinajstić information content (AvgIpc) is 3.83. The fourth-order valence-electron chi connectivity index (χ4n) is 8.14. The second-order valence-electron chi connectivity index (χ2n) is 13.9. The molecule has 0 aliphatic rings. The maximum atomic E-state index is 5.30. The SMILES string of the molecule is c1ccc(-n2ccc3ccc4c5ccccc5n(-c5cccc(-c6nc(-c7ccc(-c8ccc9ccccc9c8)cc7)c7ccccc7n6)c5)c4c32)cc1. The van der Waals surface area contributed by atoms with Crippen molar-refractivity contribution in [3.05, 3.63) is 194 Å². The van der Waals surface area contributed by atoms with Crippen LogP contribution >= 0.6 is 0 Å². The molecule has 0 N–H and O–H groups in total. The van der Waals surface area contributed by atoms with E-state index in [0.717, 1.165) is 44.6 Å². The summed E-state index contributed by atoms with van der Waals surface area (Å²) in [5, 5.41) is 7.15. The standard InChI is InChI=1S/C50H32N4/c1-2-14-40(15-3-1)53-30-29-36-27-28-43-42-17-7-9-20-46(42)54(49(43)48(36)53)41-16-10-13-39(32-41)50-51-45-19-8-6-18-44(45)47(52-50)35-24-21-34(22-25-35)38-26-23-33-11-4-5-12-37(33)31-38/h1-32H. The lowest BCUT2D eigenvalue weighted by atomic mass is 9.98. The number of aromatic nitrogens is 4. The first-order valence-corrected chi connectivity index (χ1v) is 18.3. The van der Waals surface area contributed by atoms with Gasteiger partial charge in [-0.15, -0.1) is 0 Å². The van der Waals surface area contributed by atoms with Crippen LogP contribution in [0.4, 0.5) is 0 Å². The van der Waals surface area contributed by atoms with Gasteiger partial charge in [-0.05, 0) is 70.4 Å². The second-order valence-corrected chi connectivity index (χ2v) is 13.9. The van der Waals surface area contributed by atoms with Crippen molar-refractivity contribution in [1.29, 1.82) is 0 Å². The van der Waals surface area contributed by atoms with E-state index in [4.69, 9.17) is 9.97 Å². The lowest BCUT2D eigenvalue weighted by Gasteiger charge is -2.14. The zero-order valence-corrected chi connectivity index (χ0v) is 29.3. The molecular weight excluding hydrogens is 657 g/mol. The van der Waals surface area contributed by atoms with Gasteiger partial charge in [0.15, 0.2) is 5.82 Å². The molecule has 0 aliphatic heterocycles. The lowest BCUT2D eigenvalue weighted by Crippen LogP contribution is -1.99. The van der Waals surface area contributed by atoms with E-state index in [-0.39, 0.29) is 0 Å². The van der Waals surface area contributed by atoms with Crippen LogP contribution < -0.4 is 0 Å². The van der Waals surface area contributed by atoms with Gasteiger partial charge in [-0.25, -0.2) is 9.97 Å². The Hall–Kier alpha value is -7.30. The summed E-state index contributed by atoms with van der Waals surface area (Å²) in [6.07, 6.45) is 2.18. The minimum atomic E-state index is 0.697. The van der Waals surface area contributed by atoms with Crippen molar-refractivity contribution in [1.82, 2.24) is 19.1 Å². The smallest absolute Gasteiger partial charge is 0.160 e. The first-order chi connectivity index (χ1) is 26.8. The zero-order chi connectivity index (χ0) is 35.6. The summed E-state index contributed by atoms with van der Waals surface area (Å²) in [6.45, 7) is 0. The minimum Gasteiger partial charge on any atom is -0.315 e. The number of hydrogen-bond acceptors (Lipinski definition) is 2. The maximum absolute atomic E-state index is 5.30. The molecule has 3 aromatic heterocycles. The topological polar surface area (TPSA) is 35.6 Å². The van der Waals surface area contributed by atoms with Gasteiger partial charge in [-0.2, -0.15) is 0 Å². The van der Waals surface area contributed by atoms with E-state index in [0.29, 0.717) is 5.82 Å². The molecule has 0 saturated carbocycles. The number of fused-ring (bicyclic) bond motifs is 7. The molecule has 8 aromatic carbocycles. The molecule has 4 heteroatoms. The molecule has 0 unspecified atom stereocenters. The number of nitrogens with zero attached hydrogens (tertiary/aromatic N) is 4. The molecule has 0 radical (unpaired) electrons. The number of rotatable bonds is 5. The van der Waals surface area contributed by atoms with E-state index in [1.807, 2.05) is 6.07 Å². The summed E-state index contributed by atoms with van der Waals surface area (Å²) >= 11 is 0. The van der Waals surface area contributed by atoms with Crippen LogP contribution in [0, 0.1) is 0 Å². The molecule has 0 atom stereocenters. The molecule has 0 fully saturated rings. The van der Waals surface area contributed by atoms with Crippen molar-refractivity contribution in [2.75, 3.05) is 0 Å². The Kier molecular flexibility index (Phi) is 6.82. The summed E-state index contributed by atoms with van der Waals surface area (Å²) in [4.78, 5) is 10.4. The van der Waals surface area contributed by atoms with Gasteiger partial charge in [0.1, 0.15) is 0 Å². The highest BCUT2D eigenvalue weighted by Gasteiger charge is 2.19. The van der Waals surface area contributed by atoms with Gasteiger partial charge in [-0.1, -0.05) is 140 Å². The number of benzene rings is 8. The molecule has 11 rings (SSSR count). The molecule has 252 valence electrons. The van der Waals surface area contributed by atoms with Crippen molar-refractivity contribution in [3.63, 3.8) is 0 Å². The number of hydrogen-bond donors (Lipinski definition) is 0. The molecule has 0 amide bonds. The normalized spacial score (nSPS) is 11.7. The highest BCUT2D eigenvalue weighted by atomic mass is 15.0. The third-order valence-electron chi connectivity index (χ3n) is 10.7. The highest BCUT2D eigenvalue weighted by molar-refractivity contribution is 6.18. The summed E-state index contributed by atoms with van der Waals surface area (Å²) in [6, 6.07) is 66.9. The first kappa shape index (κ1) is 30.3. The quantitative estimate of drug-likeness (QED) is 0.180. The van der Waals surface area contributed by atoms with Crippen LogP contribution in [-0.2, 0) is 0 Å². The highest BCUT2D eigenvalue weighted by Crippen LogP contribution is 2.39. The summed E-state index contributed by atoms with van der Waals surface area (Å²) in [5.74, 6) is 0.697. The van der Waals surface area contributed by atoms with Crippen LogP contribution in [0.15, 0.2) is 194 Å². The molecule has 0 bridgehead atoms. The van der Waals surface area contributed by atoms with E-state index in [1.165, 1.54) is 49.1 Å². The van der Waals surface area contributed by atoms with Gasteiger partial charge in [0.05, 0.1) is 27.8 Å². The molecular formula is C50H32N4. The van der Waals surface area contributed by atoms with E-state index in [1.54, 1.807) is 0 Å². The van der Waals surface area contributed by atoms with Crippen LogP contribution in [0.2, 0.25) is 0 Å². The lowest BCUT2D eigenvalue weighted by molar-refractivity contribution is 1.11. The molecule has 54 heavy (non-hydrogen) atoms. The van der Waals surface area contributed by atoms with Gasteiger partial charge in [0.25, 0.3) is 0 Å². The van der Waals surface area contributed by atoms with E-state index < -0.39 is 0 Å². The Balaban J connectivity index is 1.07. The van der Waals surface area contributed by atoms with Gasteiger partial charge in [-0.3, -0.25) is 0 Å². The van der Waals surface area contributed by atoms with Crippen LogP contribution in [0.3, 0.4) is 0 Å². The third-order valence-corrected chi connectivity index (χ3v) is 10.7. The van der Waals surface area contributed by atoms with Crippen molar-refractivity contribution in [2.45, 2.75) is 0 Å². The van der Waals surface area contributed by atoms with Gasteiger partial charge >= 0.3 is 0 Å². The van der Waals surface area contributed by atoms with Crippen molar-refractivity contribution >= 4 is 54.4 Å². The van der Waals surface area contributed by atoms with Gasteiger partial charge < -0.3 is 9.13 Å². The molecule has 3 heterocycles. The predicted octanol–water partition coefficient (Wildman–Crippen LogP) is 12.8. The largest absolute Gasteiger partial charge is 0.315 e. The molecule has 0 saturated heterocycles. The molecule has 0 aliphatic carbocycles. The molecule has 4 nitrogen and oxygen atoms in total. The van der Waals surface area contributed by atoms with Crippen molar-refractivity contribution in [3.8, 4) is 45.1 Å². The third kappa shape index (κ3) is 4.85. The molecule has 11 aromatic rings. The van der Waals surface area contributed by atoms with Gasteiger partial charge in [0, 0.05) is 50.2 Å². The second kappa shape index (κ2) is 12.1. The fraction of sp³-hybridized carbons (Fsp3) is 0. The number of para-hydroxylation sites is 3. The maximum Gasteiger partial charge on any atom is 0.160 e. The van der Waals surface area contributed by atoms with Crippen LogP contribution in [0.5, 0.6) is 0 Å². The monoisotopic (exact) mass is 688 g/mol. The van der Waals surface area contributed by atoms with Crippen LogP contribution in [0.1, 0.15) is 0 Å². The first-order valence-electron chi connectivity index (χ1n) is 18.3. The van der Waals surface area contributed by atoms with E-state index >= 15 is 0 Å². The fourth-order valence-corrected chi connectivity index (χ4v) is 8.14. The summed E-state index contributed by atoms with van der Waals surface area (Å²) < 4.78 is 4.71. The van der Waals surface area contributed by atoms with E-state index in [9.17, 15) is 0 Å². The zero-order valence-electron chi connectivity index (χ0n) is 29.3. The predicted molar refractivity (Wildman–Crippen MR) is 225 cm³/mol. The Labute approximate surface area is 311 Å². The van der Waals surface area contributed by atoms with Crippen molar-refractivity contribution in [2.24, 2.45) is 0 Å². The van der Waals surface area contributed by atoms with E-state index in [2.05, 4.69) is 197 Å². The summed E-state index contributed by atoms with van der Waals surface area (Å²) in [5.41, 5.74) is 11.9. The molecule has 0 spiro atoms. The van der Waals surface area contributed by atoms with Crippen LogP contribution in [-0.4, -0.2) is 19.1 Å².